The summed E-state index contributed by atoms with van der Waals surface area (Å²) in [5.74, 6) is -0.680. The molecule has 1 aliphatic rings. The average Bonchev–Trinajstić information content (AvgIpc) is 2.71. The number of nitrogens with two attached hydrogens (primary N) is 1. The Labute approximate surface area is 165 Å². The first-order chi connectivity index (χ1) is 13.6. The molecule has 1 aliphatic heterocycles. The predicted molar refractivity (Wildman–Crippen MR) is 109 cm³/mol. The Morgan fingerprint density at radius 3 is 2.29 bits per heavy atom. The standard InChI is InChI=1S/C22H27N3O3/c1-2-3-9-16(14-23)24-19(26)12-6-13-25-21(27)17-10-4-7-15-8-5-11-18(20(15)17)22(25)28/h4-5,7-8,10-11,16H,2-3,6,9,12-14,23H2,1H3,(H,24,26). The van der Waals surface area contributed by atoms with Crippen LogP contribution in [0.15, 0.2) is 36.4 Å². The van der Waals surface area contributed by atoms with Gasteiger partial charge in [-0.1, -0.05) is 44.0 Å². The first-order valence-electron chi connectivity index (χ1n) is 9.94. The zero-order valence-electron chi connectivity index (χ0n) is 16.2. The maximum atomic E-state index is 12.8. The molecule has 1 unspecified atom stereocenters. The Morgan fingerprint density at radius 1 is 1.07 bits per heavy atom. The minimum absolute atomic E-state index is 0.0184. The second-order valence-electron chi connectivity index (χ2n) is 7.22. The summed E-state index contributed by atoms with van der Waals surface area (Å²) in [5, 5.41) is 4.54. The lowest BCUT2D eigenvalue weighted by atomic mass is 9.94. The second kappa shape index (κ2) is 8.97. The third-order valence-corrected chi connectivity index (χ3v) is 5.20. The smallest absolute Gasteiger partial charge is 0.261 e. The molecule has 3 rings (SSSR count). The van der Waals surface area contributed by atoms with Gasteiger partial charge in [-0.15, -0.1) is 0 Å². The van der Waals surface area contributed by atoms with E-state index in [0.29, 0.717) is 24.1 Å². The third-order valence-electron chi connectivity index (χ3n) is 5.20. The highest BCUT2D eigenvalue weighted by molar-refractivity contribution is 6.25. The third kappa shape index (κ3) is 4.07. The van der Waals surface area contributed by atoms with Crippen LogP contribution in [0, 0.1) is 0 Å². The molecule has 28 heavy (non-hydrogen) atoms. The molecule has 0 fully saturated rings. The van der Waals surface area contributed by atoms with E-state index in [-0.39, 0.29) is 36.7 Å². The molecular formula is C22H27N3O3. The lowest BCUT2D eigenvalue weighted by Crippen LogP contribution is -2.42. The first kappa shape index (κ1) is 20.0. The van der Waals surface area contributed by atoms with Gasteiger partial charge in [0.25, 0.3) is 11.8 Å². The van der Waals surface area contributed by atoms with Crippen LogP contribution in [0.25, 0.3) is 10.8 Å². The van der Waals surface area contributed by atoms with Crippen molar-refractivity contribution in [3.63, 3.8) is 0 Å². The largest absolute Gasteiger partial charge is 0.352 e. The van der Waals surface area contributed by atoms with Gasteiger partial charge in [-0.2, -0.15) is 0 Å². The molecule has 6 nitrogen and oxygen atoms in total. The van der Waals surface area contributed by atoms with Crippen LogP contribution in [0.4, 0.5) is 0 Å². The van der Waals surface area contributed by atoms with Gasteiger partial charge in [0, 0.05) is 42.1 Å². The van der Waals surface area contributed by atoms with Crippen LogP contribution in [0.2, 0.25) is 0 Å². The van der Waals surface area contributed by atoms with Crippen LogP contribution in [0.1, 0.15) is 59.7 Å². The highest BCUT2D eigenvalue weighted by Crippen LogP contribution is 2.30. The van der Waals surface area contributed by atoms with Gasteiger partial charge in [-0.05, 0) is 30.4 Å². The molecule has 3 N–H and O–H groups in total. The molecule has 3 amide bonds. The van der Waals surface area contributed by atoms with Crippen molar-refractivity contribution >= 4 is 28.5 Å². The van der Waals surface area contributed by atoms with Crippen molar-refractivity contribution in [3.05, 3.63) is 47.5 Å². The van der Waals surface area contributed by atoms with Gasteiger partial charge in [-0.3, -0.25) is 19.3 Å². The van der Waals surface area contributed by atoms with Crippen molar-refractivity contribution in [2.24, 2.45) is 5.73 Å². The SMILES string of the molecule is CCCCC(CN)NC(=O)CCCN1C(=O)c2cccc3cccc(c23)C1=O. The summed E-state index contributed by atoms with van der Waals surface area (Å²) >= 11 is 0. The fourth-order valence-electron chi connectivity index (χ4n) is 3.68. The Morgan fingerprint density at radius 2 is 1.71 bits per heavy atom. The molecule has 0 saturated heterocycles. The van der Waals surface area contributed by atoms with E-state index < -0.39 is 0 Å². The maximum absolute atomic E-state index is 12.8. The Balaban J connectivity index is 1.62. The van der Waals surface area contributed by atoms with Gasteiger partial charge in [-0.25, -0.2) is 0 Å². The topological polar surface area (TPSA) is 92.5 Å². The Bertz CT molecular complexity index is 843. The van der Waals surface area contributed by atoms with Gasteiger partial charge < -0.3 is 11.1 Å². The molecule has 1 atom stereocenters. The molecule has 0 saturated carbocycles. The second-order valence-corrected chi connectivity index (χ2v) is 7.22. The minimum atomic E-state index is -0.294. The van der Waals surface area contributed by atoms with Crippen molar-refractivity contribution < 1.29 is 14.4 Å². The number of hydrogen-bond acceptors (Lipinski definition) is 4. The normalized spacial score (nSPS) is 14.4. The van der Waals surface area contributed by atoms with E-state index in [2.05, 4.69) is 12.2 Å². The fraction of sp³-hybridized carbons (Fsp3) is 0.409. The molecule has 6 heteroatoms. The van der Waals surface area contributed by atoms with Gasteiger partial charge in [0.05, 0.1) is 0 Å². The number of carbonyl (C=O) groups excluding carboxylic acids is 3. The summed E-state index contributed by atoms with van der Waals surface area (Å²) in [6.45, 7) is 2.73. The molecule has 148 valence electrons. The van der Waals surface area contributed by atoms with E-state index in [0.717, 1.165) is 30.0 Å². The summed E-state index contributed by atoms with van der Waals surface area (Å²) in [7, 11) is 0. The predicted octanol–water partition coefficient (Wildman–Crippen LogP) is 2.85. The van der Waals surface area contributed by atoms with Gasteiger partial charge in [0.15, 0.2) is 0 Å². The summed E-state index contributed by atoms with van der Waals surface area (Å²) in [6, 6.07) is 10.9. The number of nitrogens with one attached hydrogen (secondary N) is 1. The summed E-state index contributed by atoms with van der Waals surface area (Å²) in [4.78, 5) is 39.1. The van der Waals surface area contributed by atoms with Crippen molar-refractivity contribution in [1.82, 2.24) is 10.2 Å². The van der Waals surface area contributed by atoms with Crippen LogP contribution in [0.3, 0.4) is 0 Å². The Hall–Kier alpha value is -2.73. The van der Waals surface area contributed by atoms with Gasteiger partial charge in [0.2, 0.25) is 5.91 Å². The van der Waals surface area contributed by atoms with Gasteiger partial charge >= 0.3 is 0 Å². The molecule has 0 aromatic heterocycles. The van der Waals surface area contributed by atoms with Crippen molar-refractivity contribution in [2.45, 2.75) is 45.1 Å². The zero-order valence-corrected chi connectivity index (χ0v) is 16.2. The summed E-state index contributed by atoms with van der Waals surface area (Å²) in [6.07, 6.45) is 3.62. The van der Waals surface area contributed by atoms with E-state index in [1.807, 2.05) is 24.3 Å². The molecule has 2 aromatic carbocycles. The van der Waals surface area contributed by atoms with Crippen molar-refractivity contribution in [2.75, 3.05) is 13.1 Å². The monoisotopic (exact) mass is 381 g/mol. The van der Waals surface area contributed by atoms with Crippen molar-refractivity contribution in [3.8, 4) is 0 Å². The molecule has 0 spiro atoms. The lowest BCUT2D eigenvalue weighted by molar-refractivity contribution is -0.121. The first-order valence-corrected chi connectivity index (χ1v) is 9.94. The number of rotatable bonds is 9. The van der Waals surface area contributed by atoms with E-state index in [9.17, 15) is 14.4 Å². The minimum Gasteiger partial charge on any atom is -0.352 e. The lowest BCUT2D eigenvalue weighted by Gasteiger charge is -2.27. The number of unbranched alkanes of at least 4 members (excludes halogenated alkanes) is 1. The fourth-order valence-corrected chi connectivity index (χ4v) is 3.68. The molecule has 0 radical (unpaired) electrons. The number of hydrogen-bond donors (Lipinski definition) is 2. The van der Waals surface area contributed by atoms with E-state index >= 15 is 0 Å². The van der Waals surface area contributed by atoms with Crippen LogP contribution in [-0.4, -0.2) is 41.8 Å². The highest BCUT2D eigenvalue weighted by Gasteiger charge is 2.32. The Kier molecular flexibility index (Phi) is 6.41. The maximum Gasteiger partial charge on any atom is 0.261 e. The number of imide groups is 1. The van der Waals surface area contributed by atoms with E-state index in [1.165, 1.54) is 4.90 Å². The summed E-state index contributed by atoms with van der Waals surface area (Å²) < 4.78 is 0. The van der Waals surface area contributed by atoms with E-state index in [4.69, 9.17) is 5.73 Å². The number of carbonyl (C=O) groups is 3. The van der Waals surface area contributed by atoms with Gasteiger partial charge in [0.1, 0.15) is 0 Å². The molecule has 0 bridgehead atoms. The summed E-state index contributed by atoms with van der Waals surface area (Å²) in [5.41, 5.74) is 6.80. The van der Waals surface area contributed by atoms with E-state index in [1.54, 1.807) is 12.1 Å². The number of amides is 3. The quantitative estimate of drug-likeness (QED) is 0.653. The average molecular weight is 381 g/mol. The number of benzene rings is 2. The van der Waals surface area contributed by atoms with Crippen LogP contribution >= 0.6 is 0 Å². The molecular weight excluding hydrogens is 354 g/mol. The van der Waals surface area contributed by atoms with Crippen LogP contribution < -0.4 is 11.1 Å². The molecule has 1 heterocycles. The molecule has 0 aliphatic carbocycles. The van der Waals surface area contributed by atoms with Crippen LogP contribution in [0.5, 0.6) is 0 Å². The molecule has 2 aromatic rings. The highest BCUT2D eigenvalue weighted by atomic mass is 16.2. The van der Waals surface area contributed by atoms with Crippen LogP contribution in [-0.2, 0) is 4.79 Å². The van der Waals surface area contributed by atoms with Crippen molar-refractivity contribution in [1.29, 1.82) is 0 Å². The zero-order chi connectivity index (χ0) is 20.1. The number of nitrogens with zero attached hydrogens (tertiary/aromatic N) is 1.